The Morgan fingerprint density at radius 1 is 0.675 bits per heavy atom. The second-order valence-corrected chi connectivity index (χ2v) is 25.9. The fourth-order valence-corrected chi connectivity index (χ4v) is 5.32. The van der Waals surface area contributed by atoms with Crippen LogP contribution < -0.4 is 0 Å². The van der Waals surface area contributed by atoms with E-state index in [0.29, 0.717) is 0 Å². The Bertz CT molecular complexity index is 1220. The monoisotopic (exact) mass is 708 g/mol. The summed E-state index contributed by atoms with van der Waals surface area (Å²) in [4.78, 5) is 0. The van der Waals surface area contributed by atoms with Crippen molar-refractivity contribution < 1.29 is 29.7 Å². The zero-order chi connectivity index (χ0) is 30.7. The number of fused-ring (bicyclic) bond motifs is 2. The number of benzene rings is 2. The molecule has 0 spiro atoms. The Kier molecular flexibility index (Phi) is 16.7. The molecule has 0 atom stereocenters. The van der Waals surface area contributed by atoms with Crippen LogP contribution >= 0.6 is 17.0 Å². The minimum atomic E-state index is -1.43. The Morgan fingerprint density at radius 2 is 0.975 bits per heavy atom. The quantitative estimate of drug-likeness (QED) is 0.146. The van der Waals surface area contributed by atoms with Crippen molar-refractivity contribution in [1.82, 2.24) is 0 Å². The van der Waals surface area contributed by atoms with E-state index in [-0.39, 0.29) is 0 Å². The van der Waals surface area contributed by atoms with Crippen LogP contribution in [0.3, 0.4) is 0 Å². The molecule has 0 bridgehead atoms. The van der Waals surface area contributed by atoms with E-state index in [0.717, 1.165) is 22.7 Å². The summed E-state index contributed by atoms with van der Waals surface area (Å²) in [6.07, 6.45) is 0. The van der Waals surface area contributed by atoms with Crippen LogP contribution in [0.5, 0.6) is 0 Å². The Labute approximate surface area is 267 Å². The van der Waals surface area contributed by atoms with Gasteiger partial charge >= 0.3 is 37.9 Å². The molecular formula is C32H48Cl2O2Si3Zr. The van der Waals surface area contributed by atoms with Crippen LogP contribution in [0, 0.1) is 27.7 Å². The van der Waals surface area contributed by atoms with E-state index in [9.17, 15) is 0 Å². The van der Waals surface area contributed by atoms with Gasteiger partial charge in [-0.1, -0.05) is 64.0 Å². The van der Waals surface area contributed by atoms with Crippen molar-refractivity contribution in [3.63, 3.8) is 0 Å². The molecule has 40 heavy (non-hydrogen) atoms. The summed E-state index contributed by atoms with van der Waals surface area (Å²) in [6, 6.07) is 17.9. The van der Waals surface area contributed by atoms with Crippen LogP contribution in [-0.4, -0.2) is 26.2 Å². The maximum atomic E-state index is 6.01. The van der Waals surface area contributed by atoms with Crippen LogP contribution in [-0.2, 0) is 42.9 Å². The van der Waals surface area contributed by atoms with Gasteiger partial charge in [-0.3, -0.25) is 0 Å². The molecule has 2 nitrogen and oxygen atoms in total. The van der Waals surface area contributed by atoms with Gasteiger partial charge in [0, 0.05) is 9.52 Å². The molecule has 0 fully saturated rings. The van der Waals surface area contributed by atoms with E-state index < -0.39 is 37.5 Å². The third kappa shape index (κ3) is 13.3. The van der Waals surface area contributed by atoms with Gasteiger partial charge in [0.25, 0.3) is 0 Å². The van der Waals surface area contributed by atoms with Gasteiger partial charge in [0.15, 0.2) is 16.6 Å². The number of aryl methyl sites for hydroxylation is 4. The van der Waals surface area contributed by atoms with Crippen LogP contribution in [0.4, 0.5) is 0 Å². The Balaban J connectivity index is 0.000000335. The fraction of sp³-hybridized carbons (Fsp3) is 0.438. The molecule has 4 rings (SSSR count). The average molecular weight is 711 g/mol. The summed E-state index contributed by atoms with van der Waals surface area (Å²) >= 11 is -0.826. The van der Waals surface area contributed by atoms with Gasteiger partial charge in [0.2, 0.25) is 0 Å². The van der Waals surface area contributed by atoms with Crippen molar-refractivity contribution in [2.24, 2.45) is 0 Å². The van der Waals surface area contributed by atoms with E-state index in [2.05, 4.69) is 129 Å². The Morgan fingerprint density at radius 3 is 1.25 bits per heavy atom. The van der Waals surface area contributed by atoms with Crippen LogP contribution in [0.1, 0.15) is 33.4 Å². The van der Waals surface area contributed by atoms with E-state index >= 15 is 0 Å². The Hall–Kier alpha value is -0.306. The topological polar surface area (TPSA) is 18.5 Å². The predicted octanol–water partition coefficient (Wildman–Crippen LogP) is 11.2. The first-order valence-electron chi connectivity index (χ1n) is 13.7. The van der Waals surface area contributed by atoms with E-state index in [1.54, 1.807) is 0 Å². The summed E-state index contributed by atoms with van der Waals surface area (Å²) in [7, 11) is 8.08. The summed E-state index contributed by atoms with van der Waals surface area (Å²) in [6.45, 7) is 27.8. The third-order valence-corrected chi connectivity index (χ3v) is 8.02. The summed E-state index contributed by atoms with van der Waals surface area (Å²) in [5, 5.41) is 5.47. The number of hydrogen-bond donors (Lipinski definition) is 0. The molecule has 0 aliphatic heterocycles. The molecule has 0 heterocycles. The molecule has 218 valence electrons. The maximum absolute atomic E-state index is 6.01. The van der Waals surface area contributed by atoms with Gasteiger partial charge in [0.05, 0.1) is 13.2 Å². The first kappa shape index (κ1) is 37.7. The molecule has 0 aliphatic rings. The van der Waals surface area contributed by atoms with Crippen molar-refractivity contribution in [2.45, 2.75) is 93.3 Å². The molecule has 4 aromatic rings. The molecule has 2 radical (unpaired) electrons. The van der Waals surface area contributed by atoms with Gasteiger partial charge in [0.1, 0.15) is 0 Å². The van der Waals surface area contributed by atoms with Gasteiger partial charge in [-0.2, -0.15) is 12.1 Å². The second kappa shape index (κ2) is 17.7. The molecule has 0 aromatic heterocycles. The van der Waals surface area contributed by atoms with Gasteiger partial charge in [-0.15, -0.1) is 68.1 Å². The molecule has 0 unspecified atom stereocenters. The SMILES string of the molecule is C[Si]C.Cc1cc2c(CO[Si](C)(C)C)ccc(C)c2[cH-]1.Cc1cc2c(CO[Si](C)(C)C)ccc(C)c2[cH-]1.[Cl][Zr+2][Cl]. The van der Waals surface area contributed by atoms with E-state index in [1.807, 2.05) is 0 Å². The van der Waals surface area contributed by atoms with Gasteiger partial charge in [-0.05, 0) is 39.3 Å². The molecule has 0 saturated carbocycles. The summed E-state index contributed by atoms with van der Waals surface area (Å²) < 4.78 is 12.0. The summed E-state index contributed by atoms with van der Waals surface area (Å²) in [5.74, 6) is 0. The molecule has 0 saturated heterocycles. The van der Waals surface area contributed by atoms with Crippen molar-refractivity contribution in [1.29, 1.82) is 0 Å². The van der Waals surface area contributed by atoms with Crippen LogP contribution in [0.25, 0.3) is 21.5 Å². The van der Waals surface area contributed by atoms with Crippen molar-refractivity contribution in [3.8, 4) is 0 Å². The average Bonchev–Trinajstić information content (AvgIpc) is 3.42. The molecule has 0 amide bonds. The standard InChI is InChI=1S/2C15H21OSi.C2H6Si.2ClH.Zr/c2*1-11-8-14-12(2)6-7-13(15(14)9-11)10-16-17(3,4)5;1-3-2;;;/h2*6-9H,10H2,1-5H3;1-2H3;2*1H;/q2*-1;;;;+4/p-2. The molecular weight excluding hydrogens is 663 g/mol. The van der Waals surface area contributed by atoms with E-state index in [1.165, 1.54) is 54.9 Å². The van der Waals surface area contributed by atoms with E-state index in [4.69, 9.17) is 25.9 Å². The number of halogens is 2. The fourth-order valence-electron chi connectivity index (χ4n) is 4.14. The summed E-state index contributed by atoms with van der Waals surface area (Å²) in [5.41, 5.74) is 8.02. The van der Waals surface area contributed by atoms with Crippen molar-refractivity contribution in [3.05, 3.63) is 81.9 Å². The van der Waals surface area contributed by atoms with Crippen molar-refractivity contribution >= 4 is 64.7 Å². The normalized spacial score (nSPS) is 11.2. The van der Waals surface area contributed by atoms with Gasteiger partial charge < -0.3 is 8.85 Å². The third-order valence-electron chi connectivity index (χ3n) is 6.00. The number of rotatable bonds is 6. The zero-order valence-corrected chi connectivity index (χ0v) is 33.6. The molecule has 8 heteroatoms. The van der Waals surface area contributed by atoms with Crippen LogP contribution in [0.15, 0.2) is 48.5 Å². The van der Waals surface area contributed by atoms with Crippen molar-refractivity contribution in [2.75, 3.05) is 0 Å². The molecule has 0 N–H and O–H groups in total. The predicted molar refractivity (Wildman–Crippen MR) is 183 cm³/mol. The minimum absolute atomic E-state index is 0.746. The first-order valence-corrected chi connectivity index (χ1v) is 28.8. The molecule has 4 aromatic carbocycles. The van der Waals surface area contributed by atoms with Gasteiger partial charge in [-0.25, -0.2) is 0 Å². The van der Waals surface area contributed by atoms with Crippen LogP contribution in [0.2, 0.25) is 52.4 Å². The second-order valence-electron chi connectivity index (χ2n) is 12.2. The molecule has 0 aliphatic carbocycles. The first-order chi connectivity index (χ1) is 18.6. The number of hydrogen-bond acceptors (Lipinski definition) is 2. The zero-order valence-electron chi connectivity index (χ0n) is 26.6.